The number of hydrogen-bond donors (Lipinski definition) is 2. The topological polar surface area (TPSA) is 76.5 Å². The van der Waals surface area contributed by atoms with E-state index in [2.05, 4.69) is 0 Å². The summed E-state index contributed by atoms with van der Waals surface area (Å²) in [5.74, 6) is -1.66. The maximum Gasteiger partial charge on any atom is 0.337 e. The SMILES string of the molecule is Nc1c(F)cc(-c2ccco2)cc1C(=O)O. The highest BCUT2D eigenvalue weighted by atomic mass is 19.1. The van der Waals surface area contributed by atoms with Gasteiger partial charge in [-0.1, -0.05) is 0 Å². The first-order valence-corrected chi connectivity index (χ1v) is 4.46. The molecule has 0 spiro atoms. The number of nitrogens with two attached hydrogens (primary N) is 1. The summed E-state index contributed by atoms with van der Waals surface area (Å²) in [5.41, 5.74) is 5.02. The molecule has 16 heavy (non-hydrogen) atoms. The average Bonchev–Trinajstić information content (AvgIpc) is 2.74. The molecule has 0 saturated heterocycles. The summed E-state index contributed by atoms with van der Waals surface area (Å²) in [7, 11) is 0. The molecule has 4 nitrogen and oxygen atoms in total. The number of nitrogen functional groups attached to an aromatic ring is 1. The Kier molecular flexibility index (Phi) is 2.36. The minimum Gasteiger partial charge on any atom is -0.478 e. The number of carbonyl (C=O) groups is 1. The fourth-order valence-corrected chi connectivity index (χ4v) is 1.38. The maximum atomic E-state index is 13.4. The highest BCUT2D eigenvalue weighted by Gasteiger charge is 2.15. The van der Waals surface area contributed by atoms with Crippen molar-refractivity contribution >= 4 is 11.7 Å². The highest BCUT2D eigenvalue weighted by Crippen LogP contribution is 2.26. The second kappa shape index (κ2) is 3.69. The molecule has 0 atom stereocenters. The van der Waals surface area contributed by atoms with Crippen LogP contribution in [0, 0.1) is 5.82 Å². The van der Waals surface area contributed by atoms with Crippen LogP contribution in [0.25, 0.3) is 11.3 Å². The maximum absolute atomic E-state index is 13.4. The van der Waals surface area contributed by atoms with E-state index in [-0.39, 0.29) is 11.3 Å². The Labute approximate surface area is 90.1 Å². The van der Waals surface area contributed by atoms with Gasteiger partial charge in [-0.25, -0.2) is 9.18 Å². The second-order valence-electron chi connectivity index (χ2n) is 3.20. The van der Waals surface area contributed by atoms with E-state index in [4.69, 9.17) is 15.3 Å². The van der Waals surface area contributed by atoms with Gasteiger partial charge in [0.1, 0.15) is 11.6 Å². The van der Waals surface area contributed by atoms with Gasteiger partial charge in [0.15, 0.2) is 0 Å². The molecular weight excluding hydrogens is 213 g/mol. The molecule has 0 unspecified atom stereocenters. The van der Waals surface area contributed by atoms with Crippen molar-refractivity contribution in [2.45, 2.75) is 0 Å². The second-order valence-corrected chi connectivity index (χ2v) is 3.20. The van der Waals surface area contributed by atoms with E-state index in [0.29, 0.717) is 11.3 Å². The van der Waals surface area contributed by atoms with E-state index in [1.165, 1.54) is 12.3 Å². The molecular formula is C11H8FNO3. The molecule has 0 aliphatic carbocycles. The summed E-state index contributed by atoms with van der Waals surface area (Å²) in [6.07, 6.45) is 1.42. The molecule has 5 heteroatoms. The van der Waals surface area contributed by atoms with Gasteiger partial charge in [-0.3, -0.25) is 0 Å². The molecule has 0 bridgehead atoms. The lowest BCUT2D eigenvalue weighted by Gasteiger charge is -2.04. The van der Waals surface area contributed by atoms with Crippen LogP contribution in [0.2, 0.25) is 0 Å². The predicted octanol–water partition coefficient (Wildman–Crippen LogP) is 2.37. The van der Waals surface area contributed by atoms with E-state index in [9.17, 15) is 9.18 Å². The summed E-state index contributed by atoms with van der Waals surface area (Å²) in [4.78, 5) is 10.8. The van der Waals surface area contributed by atoms with Gasteiger partial charge in [0.25, 0.3) is 0 Å². The molecule has 82 valence electrons. The Hall–Kier alpha value is -2.30. The van der Waals surface area contributed by atoms with Crippen molar-refractivity contribution in [3.8, 4) is 11.3 Å². The lowest BCUT2D eigenvalue weighted by atomic mass is 10.1. The zero-order valence-corrected chi connectivity index (χ0v) is 8.11. The largest absolute Gasteiger partial charge is 0.478 e. The first-order valence-electron chi connectivity index (χ1n) is 4.46. The van der Waals surface area contributed by atoms with Crippen molar-refractivity contribution in [3.63, 3.8) is 0 Å². The Balaban J connectivity index is 2.62. The van der Waals surface area contributed by atoms with Crippen LogP contribution in [0.3, 0.4) is 0 Å². The number of aromatic carboxylic acids is 1. The van der Waals surface area contributed by atoms with Gasteiger partial charge in [-0.2, -0.15) is 0 Å². The van der Waals surface area contributed by atoms with E-state index in [0.717, 1.165) is 6.07 Å². The quantitative estimate of drug-likeness (QED) is 0.763. The third kappa shape index (κ3) is 1.63. The molecule has 3 N–H and O–H groups in total. The number of carboxylic acid groups (broad SMARTS) is 1. The third-order valence-corrected chi connectivity index (χ3v) is 2.17. The van der Waals surface area contributed by atoms with Crippen LogP contribution >= 0.6 is 0 Å². The molecule has 1 aromatic carbocycles. The van der Waals surface area contributed by atoms with Crippen molar-refractivity contribution in [1.82, 2.24) is 0 Å². The molecule has 0 fully saturated rings. The van der Waals surface area contributed by atoms with Crippen molar-refractivity contribution in [3.05, 3.63) is 41.9 Å². The van der Waals surface area contributed by atoms with Gasteiger partial charge in [0, 0.05) is 5.56 Å². The number of rotatable bonds is 2. The Morgan fingerprint density at radius 3 is 2.75 bits per heavy atom. The molecule has 0 aliphatic rings. The number of hydrogen-bond acceptors (Lipinski definition) is 3. The molecule has 1 aromatic heterocycles. The number of furan rings is 1. The van der Waals surface area contributed by atoms with E-state index < -0.39 is 11.8 Å². The molecule has 1 heterocycles. The summed E-state index contributed by atoms with van der Waals surface area (Å²) in [6.45, 7) is 0. The zero-order valence-electron chi connectivity index (χ0n) is 8.11. The standard InChI is InChI=1S/C11H8FNO3/c12-8-5-6(9-2-1-3-16-9)4-7(10(8)13)11(14)15/h1-5H,13H2,(H,14,15). The highest BCUT2D eigenvalue weighted by molar-refractivity contribution is 5.95. The van der Waals surface area contributed by atoms with E-state index in [1.54, 1.807) is 12.1 Å². The van der Waals surface area contributed by atoms with Crippen molar-refractivity contribution in [2.24, 2.45) is 0 Å². The monoisotopic (exact) mass is 221 g/mol. The van der Waals surface area contributed by atoms with Crippen molar-refractivity contribution < 1.29 is 18.7 Å². The van der Waals surface area contributed by atoms with Gasteiger partial charge in [-0.15, -0.1) is 0 Å². The summed E-state index contributed by atoms with van der Waals surface area (Å²) in [6, 6.07) is 5.65. The fraction of sp³-hybridized carbons (Fsp3) is 0. The summed E-state index contributed by atoms with van der Waals surface area (Å²) in [5, 5.41) is 8.83. The first kappa shape index (κ1) is 10.2. The van der Waals surface area contributed by atoms with Crippen molar-refractivity contribution in [1.29, 1.82) is 0 Å². The van der Waals surface area contributed by atoms with Crippen LogP contribution in [-0.4, -0.2) is 11.1 Å². The smallest absolute Gasteiger partial charge is 0.337 e. The number of benzene rings is 1. The van der Waals surface area contributed by atoms with E-state index >= 15 is 0 Å². The molecule has 0 aliphatic heterocycles. The van der Waals surface area contributed by atoms with Crippen LogP contribution in [0.4, 0.5) is 10.1 Å². The van der Waals surface area contributed by atoms with Crippen LogP contribution in [0.1, 0.15) is 10.4 Å². The predicted molar refractivity (Wildman–Crippen MR) is 55.5 cm³/mol. The Morgan fingerprint density at radius 2 is 2.19 bits per heavy atom. The molecule has 0 amide bonds. The molecule has 0 saturated carbocycles. The lowest BCUT2D eigenvalue weighted by molar-refractivity contribution is 0.0697. The van der Waals surface area contributed by atoms with Crippen LogP contribution in [0.15, 0.2) is 34.9 Å². The zero-order chi connectivity index (χ0) is 11.7. The van der Waals surface area contributed by atoms with Crippen LogP contribution in [-0.2, 0) is 0 Å². The fourth-order valence-electron chi connectivity index (χ4n) is 1.38. The van der Waals surface area contributed by atoms with Crippen LogP contribution in [0.5, 0.6) is 0 Å². The molecule has 0 radical (unpaired) electrons. The van der Waals surface area contributed by atoms with Gasteiger partial charge in [0.05, 0.1) is 17.5 Å². The Morgan fingerprint density at radius 1 is 1.44 bits per heavy atom. The van der Waals surface area contributed by atoms with Crippen LogP contribution < -0.4 is 5.73 Å². The molecule has 2 aromatic rings. The number of anilines is 1. The Bertz CT molecular complexity index is 534. The minimum atomic E-state index is -1.27. The number of halogens is 1. The lowest BCUT2D eigenvalue weighted by Crippen LogP contribution is -2.05. The molecule has 2 rings (SSSR count). The van der Waals surface area contributed by atoms with Gasteiger partial charge < -0.3 is 15.3 Å². The summed E-state index contributed by atoms with van der Waals surface area (Å²) >= 11 is 0. The van der Waals surface area contributed by atoms with E-state index in [1.807, 2.05) is 0 Å². The van der Waals surface area contributed by atoms with Gasteiger partial charge in [0.2, 0.25) is 0 Å². The summed E-state index contributed by atoms with van der Waals surface area (Å²) < 4.78 is 18.4. The first-order chi connectivity index (χ1) is 7.59. The number of carboxylic acids is 1. The minimum absolute atomic E-state index is 0.272. The van der Waals surface area contributed by atoms with Crippen molar-refractivity contribution in [2.75, 3.05) is 5.73 Å². The third-order valence-electron chi connectivity index (χ3n) is 2.17. The van der Waals surface area contributed by atoms with Gasteiger partial charge in [-0.05, 0) is 24.3 Å². The normalized spacial score (nSPS) is 10.3. The van der Waals surface area contributed by atoms with Gasteiger partial charge >= 0.3 is 5.97 Å². The average molecular weight is 221 g/mol.